The number of hydrogen-bond acceptors (Lipinski definition) is 4. The molecule has 0 aliphatic heterocycles. The maximum Gasteiger partial charge on any atom is 0.227 e. The molecule has 0 bridgehead atoms. The Morgan fingerprint density at radius 3 is 2.85 bits per heavy atom. The quantitative estimate of drug-likeness (QED) is 0.825. The minimum Gasteiger partial charge on any atom is -0.339 e. The van der Waals surface area contributed by atoms with Gasteiger partial charge in [0.1, 0.15) is 0 Å². The Kier molecular flexibility index (Phi) is 4.19. The topological polar surface area (TPSA) is 62.7 Å². The maximum atomic E-state index is 8.91. The smallest absolute Gasteiger partial charge is 0.227 e. The van der Waals surface area contributed by atoms with E-state index >= 15 is 0 Å². The molecule has 1 heterocycles. The molecule has 1 atom stereocenters. The first-order valence-corrected chi connectivity index (χ1v) is 6.83. The molecule has 1 unspecified atom stereocenters. The first kappa shape index (κ1) is 14.3. The van der Waals surface area contributed by atoms with E-state index in [4.69, 9.17) is 9.78 Å². The van der Waals surface area contributed by atoms with Crippen LogP contribution in [-0.2, 0) is 6.42 Å². The van der Waals surface area contributed by atoms with Crippen LogP contribution in [0, 0.1) is 23.7 Å². The van der Waals surface area contributed by atoms with Crippen molar-refractivity contribution in [1.82, 2.24) is 10.1 Å². The Hall–Kier alpha value is -2.15. The highest BCUT2D eigenvalue weighted by molar-refractivity contribution is 5.55. The molecule has 0 aliphatic carbocycles. The number of aryl methyl sites for hydroxylation is 1. The summed E-state index contributed by atoms with van der Waals surface area (Å²) in [5.41, 5.74) is 2.01. The zero-order valence-corrected chi connectivity index (χ0v) is 12.2. The van der Waals surface area contributed by atoms with Gasteiger partial charge in [-0.2, -0.15) is 10.2 Å². The van der Waals surface area contributed by atoms with Crippen LogP contribution < -0.4 is 0 Å². The highest BCUT2D eigenvalue weighted by Crippen LogP contribution is 2.30. The van der Waals surface area contributed by atoms with Gasteiger partial charge in [-0.15, -0.1) is 0 Å². The summed E-state index contributed by atoms with van der Waals surface area (Å²) in [4.78, 5) is 4.45. The van der Waals surface area contributed by atoms with Gasteiger partial charge in [-0.05, 0) is 24.8 Å². The molecule has 0 spiro atoms. The van der Waals surface area contributed by atoms with Crippen molar-refractivity contribution in [3.05, 3.63) is 35.7 Å². The van der Waals surface area contributed by atoms with Crippen LogP contribution in [0.4, 0.5) is 0 Å². The van der Waals surface area contributed by atoms with Gasteiger partial charge < -0.3 is 4.52 Å². The van der Waals surface area contributed by atoms with Crippen LogP contribution in [0.25, 0.3) is 11.4 Å². The molecule has 0 radical (unpaired) electrons. The van der Waals surface area contributed by atoms with Crippen molar-refractivity contribution in [3.8, 4) is 17.5 Å². The second-order valence-electron chi connectivity index (χ2n) is 5.56. The Labute approximate surface area is 119 Å². The van der Waals surface area contributed by atoms with Crippen molar-refractivity contribution >= 4 is 0 Å². The SMILES string of the molecule is CCC(C)(CC#N)Cc1nc(-c2cccc(C)c2)no1. The lowest BCUT2D eigenvalue weighted by molar-refractivity contribution is 0.266. The zero-order valence-electron chi connectivity index (χ0n) is 12.2. The molecular weight excluding hydrogens is 250 g/mol. The van der Waals surface area contributed by atoms with E-state index in [0.29, 0.717) is 24.6 Å². The van der Waals surface area contributed by atoms with Crippen molar-refractivity contribution in [2.24, 2.45) is 5.41 Å². The Morgan fingerprint density at radius 1 is 1.40 bits per heavy atom. The lowest BCUT2D eigenvalue weighted by Gasteiger charge is -2.22. The summed E-state index contributed by atoms with van der Waals surface area (Å²) in [5.74, 6) is 1.21. The van der Waals surface area contributed by atoms with E-state index in [9.17, 15) is 0 Å². The molecule has 0 aliphatic rings. The van der Waals surface area contributed by atoms with Crippen molar-refractivity contribution in [3.63, 3.8) is 0 Å². The summed E-state index contributed by atoms with van der Waals surface area (Å²) in [5, 5.41) is 12.9. The molecule has 1 aromatic carbocycles. The molecule has 0 amide bonds. The summed E-state index contributed by atoms with van der Waals surface area (Å²) in [6, 6.07) is 10.2. The van der Waals surface area contributed by atoms with Gasteiger partial charge in [0.15, 0.2) is 0 Å². The van der Waals surface area contributed by atoms with Crippen molar-refractivity contribution in [2.45, 2.75) is 40.0 Å². The average Bonchev–Trinajstić information content (AvgIpc) is 2.87. The normalized spacial score (nSPS) is 13.7. The van der Waals surface area contributed by atoms with Gasteiger partial charge in [0.2, 0.25) is 11.7 Å². The number of hydrogen-bond donors (Lipinski definition) is 0. The van der Waals surface area contributed by atoms with E-state index in [1.807, 2.05) is 31.2 Å². The summed E-state index contributed by atoms with van der Waals surface area (Å²) < 4.78 is 5.33. The van der Waals surface area contributed by atoms with Crippen molar-refractivity contribution < 1.29 is 4.52 Å². The number of rotatable bonds is 5. The van der Waals surface area contributed by atoms with Gasteiger partial charge >= 0.3 is 0 Å². The maximum absolute atomic E-state index is 8.91. The predicted molar refractivity (Wildman–Crippen MR) is 76.8 cm³/mol. The molecular formula is C16H19N3O. The molecule has 20 heavy (non-hydrogen) atoms. The molecule has 0 fully saturated rings. The van der Waals surface area contributed by atoms with Crippen molar-refractivity contribution in [2.75, 3.05) is 0 Å². The molecule has 2 aromatic rings. The Bertz CT molecular complexity index is 627. The van der Waals surface area contributed by atoms with Gasteiger partial charge in [0, 0.05) is 18.4 Å². The zero-order chi connectivity index (χ0) is 14.6. The van der Waals surface area contributed by atoms with E-state index < -0.39 is 0 Å². The molecule has 1 aromatic heterocycles. The van der Waals surface area contributed by atoms with Crippen LogP contribution in [0.1, 0.15) is 38.1 Å². The lowest BCUT2D eigenvalue weighted by atomic mass is 9.81. The molecule has 4 heteroatoms. The highest BCUT2D eigenvalue weighted by atomic mass is 16.5. The van der Waals surface area contributed by atoms with E-state index in [-0.39, 0.29) is 5.41 Å². The minimum atomic E-state index is -0.106. The Balaban J connectivity index is 2.19. The summed E-state index contributed by atoms with van der Waals surface area (Å²) in [7, 11) is 0. The lowest BCUT2D eigenvalue weighted by Crippen LogP contribution is -2.18. The molecule has 0 saturated carbocycles. The van der Waals surface area contributed by atoms with Gasteiger partial charge in [-0.3, -0.25) is 0 Å². The van der Waals surface area contributed by atoms with Gasteiger partial charge in [0.05, 0.1) is 6.07 Å². The molecule has 0 saturated heterocycles. The second-order valence-corrected chi connectivity index (χ2v) is 5.56. The third-order valence-corrected chi connectivity index (χ3v) is 3.68. The number of nitriles is 1. The van der Waals surface area contributed by atoms with E-state index in [1.165, 1.54) is 0 Å². The monoisotopic (exact) mass is 269 g/mol. The molecule has 0 N–H and O–H groups in total. The first-order valence-electron chi connectivity index (χ1n) is 6.83. The summed E-state index contributed by atoms with van der Waals surface area (Å²) in [6.07, 6.45) is 2.03. The van der Waals surface area contributed by atoms with E-state index in [2.05, 4.69) is 30.1 Å². The van der Waals surface area contributed by atoms with Gasteiger partial charge in [-0.1, -0.05) is 42.8 Å². The minimum absolute atomic E-state index is 0.106. The number of nitrogens with zero attached hydrogens (tertiary/aromatic N) is 3. The molecule has 2 rings (SSSR count). The third kappa shape index (κ3) is 3.24. The van der Waals surface area contributed by atoms with Gasteiger partial charge in [-0.25, -0.2) is 0 Å². The Morgan fingerprint density at radius 2 is 2.20 bits per heavy atom. The van der Waals surface area contributed by atoms with Crippen molar-refractivity contribution in [1.29, 1.82) is 5.26 Å². The standard InChI is InChI=1S/C16H19N3O/c1-4-16(3,8-9-17)11-14-18-15(19-20-14)13-7-5-6-12(2)10-13/h5-7,10H,4,8,11H2,1-3H3. The van der Waals surface area contributed by atoms with Crippen LogP contribution in [-0.4, -0.2) is 10.1 Å². The average molecular weight is 269 g/mol. The van der Waals surface area contributed by atoms with Crippen LogP contribution in [0.5, 0.6) is 0 Å². The van der Waals surface area contributed by atoms with Crippen LogP contribution in [0.15, 0.2) is 28.8 Å². The number of benzene rings is 1. The predicted octanol–water partition coefficient (Wildman–Crippen LogP) is 3.92. The fourth-order valence-electron chi connectivity index (χ4n) is 2.10. The van der Waals surface area contributed by atoms with Gasteiger partial charge in [0.25, 0.3) is 0 Å². The number of aromatic nitrogens is 2. The second kappa shape index (κ2) is 5.87. The largest absolute Gasteiger partial charge is 0.339 e. The van der Waals surface area contributed by atoms with Crippen LogP contribution >= 0.6 is 0 Å². The van der Waals surface area contributed by atoms with Crippen LogP contribution in [0.3, 0.4) is 0 Å². The third-order valence-electron chi connectivity index (χ3n) is 3.68. The van der Waals surface area contributed by atoms with E-state index in [0.717, 1.165) is 17.5 Å². The summed E-state index contributed by atoms with van der Waals surface area (Å²) in [6.45, 7) is 6.19. The van der Waals surface area contributed by atoms with Crippen LogP contribution in [0.2, 0.25) is 0 Å². The first-order chi connectivity index (χ1) is 9.56. The fourth-order valence-corrected chi connectivity index (χ4v) is 2.10. The fraction of sp³-hybridized carbons (Fsp3) is 0.438. The molecule has 104 valence electrons. The highest BCUT2D eigenvalue weighted by Gasteiger charge is 2.25. The van der Waals surface area contributed by atoms with E-state index in [1.54, 1.807) is 0 Å². The molecule has 4 nitrogen and oxygen atoms in total. The summed E-state index contributed by atoms with van der Waals surface area (Å²) >= 11 is 0.